The van der Waals surface area contributed by atoms with Gasteiger partial charge in [-0.3, -0.25) is 4.57 Å². The molecule has 0 bridgehead atoms. The zero-order chi connectivity index (χ0) is 15.4. The molecule has 1 aliphatic heterocycles. The molecule has 21 heavy (non-hydrogen) atoms. The minimum atomic E-state index is -1.73. The molecule has 114 valence electrons. The number of aromatic nitrogens is 3. The van der Waals surface area contributed by atoms with Crippen LogP contribution in [0.4, 0.5) is 4.39 Å². The predicted molar refractivity (Wildman–Crippen MR) is 70.1 cm³/mol. The van der Waals surface area contributed by atoms with E-state index in [4.69, 9.17) is 21.4 Å². The molecular weight excluding hydrogens is 305 g/mol. The van der Waals surface area contributed by atoms with Crippen LogP contribution >= 0.6 is 11.6 Å². The minimum Gasteiger partial charge on any atom is -0.394 e. The molecule has 1 saturated heterocycles. The molecule has 0 amide bonds. The lowest BCUT2D eigenvalue weighted by Crippen LogP contribution is -2.44. The number of fused-ring (bicyclic) bond motifs is 1. The van der Waals surface area contributed by atoms with Gasteiger partial charge in [-0.2, -0.15) is 0 Å². The third-order valence-electron chi connectivity index (χ3n) is 3.70. The molecule has 7 nitrogen and oxygen atoms in total. The Labute approximate surface area is 123 Å². The highest BCUT2D eigenvalue weighted by molar-refractivity contribution is 6.34. The molecular formula is C12H13ClFN3O4. The van der Waals surface area contributed by atoms with Crippen molar-refractivity contribution in [1.29, 1.82) is 0 Å². The molecule has 0 aliphatic carbocycles. The van der Waals surface area contributed by atoms with Crippen molar-refractivity contribution in [2.45, 2.75) is 31.0 Å². The molecule has 0 spiro atoms. The SMILES string of the molecule is C[C@]1(O)[C@H](O)[C@@H](CO)O[C@H]1n1cc(F)c2c(Cl)ncnc21. The van der Waals surface area contributed by atoms with Gasteiger partial charge in [-0.25, -0.2) is 14.4 Å². The van der Waals surface area contributed by atoms with Gasteiger partial charge in [0.15, 0.2) is 12.0 Å². The second kappa shape index (κ2) is 4.85. The molecule has 1 aliphatic rings. The number of ether oxygens (including phenoxy) is 1. The first kappa shape index (κ1) is 14.6. The zero-order valence-electron chi connectivity index (χ0n) is 10.9. The maximum absolute atomic E-state index is 14.0. The average Bonchev–Trinajstić information content (AvgIpc) is 2.87. The van der Waals surface area contributed by atoms with Crippen LogP contribution in [0.2, 0.25) is 5.15 Å². The highest BCUT2D eigenvalue weighted by Gasteiger charge is 2.53. The van der Waals surface area contributed by atoms with Gasteiger partial charge < -0.3 is 20.1 Å². The van der Waals surface area contributed by atoms with Crippen molar-refractivity contribution in [3.05, 3.63) is 23.5 Å². The van der Waals surface area contributed by atoms with Gasteiger partial charge in [0, 0.05) is 6.20 Å². The fourth-order valence-electron chi connectivity index (χ4n) is 2.57. The predicted octanol–water partition coefficient (Wildman–Crippen LogP) is 0.225. The number of aliphatic hydroxyl groups is 3. The fraction of sp³-hybridized carbons (Fsp3) is 0.500. The first-order chi connectivity index (χ1) is 9.87. The van der Waals surface area contributed by atoms with Crippen LogP contribution in [-0.4, -0.2) is 54.3 Å². The Morgan fingerprint density at radius 2 is 2.24 bits per heavy atom. The normalized spacial score (nSPS) is 33.0. The Morgan fingerprint density at radius 3 is 2.86 bits per heavy atom. The monoisotopic (exact) mass is 317 g/mol. The lowest BCUT2D eigenvalue weighted by molar-refractivity contribution is -0.0949. The van der Waals surface area contributed by atoms with Crippen LogP contribution in [0.15, 0.2) is 12.5 Å². The third-order valence-corrected chi connectivity index (χ3v) is 3.99. The molecule has 0 unspecified atom stereocenters. The summed E-state index contributed by atoms with van der Waals surface area (Å²) in [5.74, 6) is -0.670. The maximum atomic E-state index is 14.0. The number of hydrogen-bond acceptors (Lipinski definition) is 6. The number of halogens is 2. The van der Waals surface area contributed by atoms with E-state index < -0.39 is 36.5 Å². The fourth-order valence-corrected chi connectivity index (χ4v) is 2.79. The Hall–Kier alpha value is -1.32. The molecule has 4 atom stereocenters. The average molecular weight is 318 g/mol. The lowest BCUT2D eigenvalue weighted by Gasteiger charge is -2.27. The Kier molecular flexibility index (Phi) is 3.38. The minimum absolute atomic E-state index is 0.000468. The van der Waals surface area contributed by atoms with Gasteiger partial charge in [-0.15, -0.1) is 0 Å². The topological polar surface area (TPSA) is 101 Å². The number of rotatable bonds is 2. The van der Waals surface area contributed by atoms with Crippen LogP contribution < -0.4 is 0 Å². The van der Waals surface area contributed by atoms with Gasteiger partial charge in [-0.05, 0) is 6.92 Å². The summed E-state index contributed by atoms with van der Waals surface area (Å²) in [6, 6.07) is 0. The van der Waals surface area contributed by atoms with Crippen molar-refractivity contribution in [3.63, 3.8) is 0 Å². The summed E-state index contributed by atoms with van der Waals surface area (Å²) in [5, 5.41) is 29.5. The van der Waals surface area contributed by atoms with Crippen molar-refractivity contribution in [2.24, 2.45) is 0 Å². The Bertz CT molecular complexity index is 692. The molecule has 3 N–H and O–H groups in total. The van der Waals surface area contributed by atoms with Crippen molar-refractivity contribution in [2.75, 3.05) is 6.61 Å². The highest BCUT2D eigenvalue weighted by atomic mass is 35.5. The summed E-state index contributed by atoms with van der Waals surface area (Å²) in [6.07, 6.45) is -1.21. The zero-order valence-corrected chi connectivity index (χ0v) is 11.7. The van der Waals surface area contributed by atoms with Crippen molar-refractivity contribution in [3.8, 4) is 0 Å². The van der Waals surface area contributed by atoms with Gasteiger partial charge in [0.1, 0.15) is 34.9 Å². The first-order valence-electron chi connectivity index (χ1n) is 6.21. The van der Waals surface area contributed by atoms with Crippen LogP contribution in [0.25, 0.3) is 11.0 Å². The third kappa shape index (κ3) is 2.02. The summed E-state index contributed by atoms with van der Waals surface area (Å²) in [7, 11) is 0. The second-order valence-corrected chi connectivity index (χ2v) is 5.49. The molecule has 3 rings (SSSR count). The number of nitrogens with zero attached hydrogens (tertiary/aromatic N) is 3. The van der Waals surface area contributed by atoms with E-state index in [0.29, 0.717) is 0 Å². The van der Waals surface area contributed by atoms with E-state index in [1.807, 2.05) is 0 Å². The van der Waals surface area contributed by atoms with E-state index in [-0.39, 0.29) is 16.2 Å². The largest absolute Gasteiger partial charge is 0.394 e. The molecule has 9 heteroatoms. The van der Waals surface area contributed by atoms with E-state index in [9.17, 15) is 14.6 Å². The van der Waals surface area contributed by atoms with E-state index in [1.165, 1.54) is 11.5 Å². The Morgan fingerprint density at radius 1 is 1.52 bits per heavy atom. The van der Waals surface area contributed by atoms with Gasteiger partial charge in [0.25, 0.3) is 0 Å². The van der Waals surface area contributed by atoms with E-state index in [1.54, 1.807) is 0 Å². The summed E-state index contributed by atoms with van der Waals surface area (Å²) in [5.41, 5.74) is -1.60. The summed E-state index contributed by atoms with van der Waals surface area (Å²) in [6.45, 7) is 0.857. The smallest absolute Gasteiger partial charge is 0.167 e. The molecule has 3 heterocycles. The molecule has 0 saturated carbocycles. The van der Waals surface area contributed by atoms with Crippen molar-refractivity contribution in [1.82, 2.24) is 14.5 Å². The summed E-state index contributed by atoms with van der Waals surface area (Å²) >= 11 is 5.84. The van der Waals surface area contributed by atoms with Crippen LogP contribution in [0.3, 0.4) is 0 Å². The van der Waals surface area contributed by atoms with Gasteiger partial charge in [0.2, 0.25) is 0 Å². The van der Waals surface area contributed by atoms with Gasteiger partial charge in [-0.1, -0.05) is 11.6 Å². The quantitative estimate of drug-likeness (QED) is 0.685. The Balaban J connectivity index is 2.15. The molecule has 2 aromatic rings. The molecule has 0 radical (unpaired) electrons. The number of hydrogen-bond donors (Lipinski definition) is 3. The first-order valence-corrected chi connectivity index (χ1v) is 6.59. The van der Waals surface area contributed by atoms with E-state index in [0.717, 1.165) is 12.5 Å². The van der Waals surface area contributed by atoms with Crippen LogP contribution in [0.5, 0.6) is 0 Å². The van der Waals surface area contributed by atoms with Crippen LogP contribution in [-0.2, 0) is 4.74 Å². The second-order valence-electron chi connectivity index (χ2n) is 5.13. The lowest BCUT2D eigenvalue weighted by atomic mass is 9.96. The standard InChI is InChI=1S/C12H13ClFN3O4/c1-12(20)8(19)6(3-18)21-11(12)17-2-5(14)7-9(13)15-4-16-10(7)17/h2,4,6,8,11,18-20H,3H2,1H3/t6-,8-,11-,12+/m1/s1. The summed E-state index contributed by atoms with van der Waals surface area (Å²) < 4.78 is 20.7. The molecule has 2 aromatic heterocycles. The van der Waals surface area contributed by atoms with Crippen molar-refractivity contribution >= 4 is 22.6 Å². The van der Waals surface area contributed by atoms with E-state index >= 15 is 0 Å². The van der Waals surface area contributed by atoms with Gasteiger partial charge in [0.05, 0.1) is 12.0 Å². The maximum Gasteiger partial charge on any atom is 0.167 e. The summed E-state index contributed by atoms with van der Waals surface area (Å²) in [4.78, 5) is 7.64. The number of aliphatic hydroxyl groups excluding tert-OH is 2. The molecule has 1 fully saturated rings. The highest BCUT2D eigenvalue weighted by Crippen LogP contribution is 2.40. The van der Waals surface area contributed by atoms with Gasteiger partial charge >= 0.3 is 0 Å². The van der Waals surface area contributed by atoms with E-state index in [2.05, 4.69) is 9.97 Å². The van der Waals surface area contributed by atoms with Crippen molar-refractivity contribution < 1.29 is 24.4 Å². The molecule has 0 aromatic carbocycles. The van der Waals surface area contributed by atoms with Crippen LogP contribution in [0, 0.1) is 5.82 Å². The van der Waals surface area contributed by atoms with Crippen LogP contribution in [0.1, 0.15) is 13.2 Å².